The van der Waals surface area contributed by atoms with Crippen LogP contribution in [0.25, 0.3) is 0 Å². The maximum atomic E-state index is 11.9. The molecule has 0 aromatic heterocycles. The van der Waals surface area contributed by atoms with Gasteiger partial charge in [0, 0.05) is 13.7 Å². The zero-order chi connectivity index (χ0) is 9.12. The number of nitrogens with two attached hydrogens (primary N) is 1. The molecule has 3 nitrogen and oxygen atoms in total. The second-order valence-electron chi connectivity index (χ2n) is 2.17. The van der Waals surface area contributed by atoms with Gasteiger partial charge in [-0.25, -0.2) is 0 Å². The summed E-state index contributed by atoms with van der Waals surface area (Å²) in [6, 6.07) is 0. The maximum absolute atomic E-state index is 11.9. The molecule has 0 amide bonds. The Balaban J connectivity index is 4.33. The van der Waals surface area contributed by atoms with Gasteiger partial charge in [0.05, 0.1) is 6.61 Å². The lowest BCUT2D eigenvalue weighted by atomic mass is 10.1. The molecule has 0 aromatic carbocycles. The van der Waals surface area contributed by atoms with E-state index in [-0.39, 0.29) is 0 Å². The van der Waals surface area contributed by atoms with Crippen molar-refractivity contribution < 1.29 is 23.0 Å². The van der Waals surface area contributed by atoms with E-state index in [4.69, 9.17) is 10.8 Å². The van der Waals surface area contributed by atoms with Gasteiger partial charge in [-0.3, -0.25) is 0 Å². The summed E-state index contributed by atoms with van der Waals surface area (Å²) < 4.78 is 39.8. The predicted molar refractivity (Wildman–Crippen MR) is 31.9 cm³/mol. The maximum Gasteiger partial charge on any atom is 0.420 e. The molecule has 0 aliphatic carbocycles. The normalized spacial score (nSPS) is 18.0. The molecule has 0 aromatic rings. The van der Waals surface area contributed by atoms with Gasteiger partial charge in [0.2, 0.25) is 0 Å². The molecule has 3 N–H and O–H groups in total. The average Bonchev–Trinajstić information content (AvgIpc) is 1.86. The van der Waals surface area contributed by atoms with E-state index in [1.165, 1.54) is 0 Å². The molecule has 0 rings (SSSR count). The summed E-state index contributed by atoms with van der Waals surface area (Å²) in [5.41, 5.74) is 1.81. The topological polar surface area (TPSA) is 55.5 Å². The smallest absolute Gasteiger partial charge is 0.381 e. The molecule has 6 heteroatoms. The molecule has 0 heterocycles. The Hall–Kier alpha value is -0.330. The van der Waals surface area contributed by atoms with Crippen LogP contribution in [0.15, 0.2) is 0 Å². The molecule has 0 aliphatic rings. The SMILES string of the molecule is COCC(O)(CN)C(F)(F)F. The predicted octanol–water partition coefficient (Wildman–Crippen LogP) is -0.115. The third kappa shape index (κ3) is 2.32. The Morgan fingerprint density at radius 3 is 2.00 bits per heavy atom. The number of alkyl halides is 3. The minimum Gasteiger partial charge on any atom is -0.381 e. The molecule has 0 fully saturated rings. The molecule has 1 unspecified atom stereocenters. The van der Waals surface area contributed by atoms with Crippen LogP contribution < -0.4 is 5.73 Å². The second kappa shape index (κ2) is 3.38. The van der Waals surface area contributed by atoms with E-state index in [0.29, 0.717) is 0 Å². The largest absolute Gasteiger partial charge is 0.420 e. The van der Waals surface area contributed by atoms with Gasteiger partial charge in [-0.15, -0.1) is 0 Å². The molecular weight excluding hydrogens is 163 g/mol. The third-order valence-electron chi connectivity index (χ3n) is 1.25. The molecule has 0 radical (unpaired) electrons. The molecule has 11 heavy (non-hydrogen) atoms. The molecule has 68 valence electrons. The van der Waals surface area contributed by atoms with Crippen LogP contribution in [0, 0.1) is 0 Å². The molecule has 1 atom stereocenters. The zero-order valence-corrected chi connectivity index (χ0v) is 5.98. The fourth-order valence-corrected chi connectivity index (χ4v) is 0.495. The van der Waals surface area contributed by atoms with Crippen molar-refractivity contribution in [3.8, 4) is 0 Å². The van der Waals surface area contributed by atoms with Crippen molar-refractivity contribution in [3.63, 3.8) is 0 Å². The van der Waals surface area contributed by atoms with E-state index in [0.717, 1.165) is 7.11 Å². The number of aliphatic hydroxyl groups is 1. The summed E-state index contributed by atoms with van der Waals surface area (Å²) in [5.74, 6) is 0. The minimum absolute atomic E-state index is 0.840. The highest BCUT2D eigenvalue weighted by Crippen LogP contribution is 2.29. The lowest BCUT2D eigenvalue weighted by Crippen LogP contribution is -2.54. The van der Waals surface area contributed by atoms with Crippen LogP contribution in [0.4, 0.5) is 13.2 Å². The van der Waals surface area contributed by atoms with E-state index in [9.17, 15) is 13.2 Å². The quantitative estimate of drug-likeness (QED) is 0.625. The fourth-order valence-electron chi connectivity index (χ4n) is 0.495. The summed E-state index contributed by atoms with van der Waals surface area (Å²) >= 11 is 0. The van der Waals surface area contributed by atoms with Gasteiger partial charge in [-0.2, -0.15) is 13.2 Å². The highest BCUT2D eigenvalue weighted by Gasteiger charge is 2.52. The van der Waals surface area contributed by atoms with Crippen LogP contribution in [0.3, 0.4) is 0 Å². The van der Waals surface area contributed by atoms with Crippen LogP contribution in [0.1, 0.15) is 0 Å². The van der Waals surface area contributed by atoms with Crippen LogP contribution in [-0.2, 0) is 4.74 Å². The van der Waals surface area contributed by atoms with E-state index < -0.39 is 24.9 Å². The average molecular weight is 173 g/mol. The zero-order valence-electron chi connectivity index (χ0n) is 5.98. The number of ether oxygens (including phenoxy) is 1. The Kier molecular flexibility index (Phi) is 3.28. The number of hydrogen-bond acceptors (Lipinski definition) is 3. The molecule has 0 spiro atoms. The van der Waals surface area contributed by atoms with Crippen LogP contribution >= 0.6 is 0 Å². The lowest BCUT2D eigenvalue weighted by molar-refractivity contribution is -0.268. The Morgan fingerprint density at radius 2 is 1.91 bits per heavy atom. The van der Waals surface area contributed by atoms with E-state index in [1.807, 2.05) is 0 Å². The van der Waals surface area contributed by atoms with Crippen molar-refractivity contribution in [2.24, 2.45) is 5.73 Å². The Morgan fingerprint density at radius 1 is 1.45 bits per heavy atom. The van der Waals surface area contributed by atoms with Crippen molar-refractivity contribution in [2.45, 2.75) is 11.8 Å². The molecule has 0 aliphatic heterocycles. The standard InChI is InChI=1S/C5H10F3NO2/c1-11-3-4(10,2-9)5(6,7)8/h10H,2-3,9H2,1H3. The summed E-state index contributed by atoms with van der Waals surface area (Å²) in [5, 5.41) is 8.78. The van der Waals surface area contributed by atoms with Gasteiger partial charge in [-0.05, 0) is 0 Å². The summed E-state index contributed by atoms with van der Waals surface area (Å²) in [6.45, 7) is -1.74. The van der Waals surface area contributed by atoms with Crippen molar-refractivity contribution in [1.29, 1.82) is 0 Å². The number of methoxy groups -OCH3 is 1. The summed E-state index contributed by atoms with van der Waals surface area (Å²) in [4.78, 5) is 0. The fraction of sp³-hybridized carbons (Fsp3) is 1.00. The third-order valence-corrected chi connectivity index (χ3v) is 1.25. The Bertz CT molecular complexity index is 127. The number of halogens is 3. The summed E-state index contributed by atoms with van der Waals surface area (Å²) in [7, 11) is 1.06. The molecule has 0 bridgehead atoms. The van der Waals surface area contributed by atoms with Crippen LogP contribution in [0.2, 0.25) is 0 Å². The van der Waals surface area contributed by atoms with Gasteiger partial charge in [0.25, 0.3) is 0 Å². The van der Waals surface area contributed by atoms with Gasteiger partial charge in [0.15, 0.2) is 5.60 Å². The second-order valence-corrected chi connectivity index (χ2v) is 2.17. The first-order valence-corrected chi connectivity index (χ1v) is 2.85. The van der Waals surface area contributed by atoms with Gasteiger partial charge in [-0.1, -0.05) is 0 Å². The molecule has 0 saturated heterocycles. The highest BCUT2D eigenvalue weighted by atomic mass is 19.4. The minimum atomic E-state index is -4.74. The number of rotatable bonds is 3. The first kappa shape index (κ1) is 10.7. The van der Waals surface area contributed by atoms with E-state index >= 15 is 0 Å². The van der Waals surface area contributed by atoms with E-state index in [1.54, 1.807) is 0 Å². The van der Waals surface area contributed by atoms with Gasteiger partial charge < -0.3 is 15.6 Å². The molecular formula is C5H10F3NO2. The van der Waals surface area contributed by atoms with Gasteiger partial charge in [0.1, 0.15) is 0 Å². The van der Waals surface area contributed by atoms with Gasteiger partial charge >= 0.3 is 6.18 Å². The van der Waals surface area contributed by atoms with Crippen LogP contribution in [-0.4, -0.2) is 37.1 Å². The summed E-state index contributed by atoms with van der Waals surface area (Å²) in [6.07, 6.45) is -4.74. The highest BCUT2D eigenvalue weighted by molar-refractivity contribution is 4.87. The number of hydrogen-bond donors (Lipinski definition) is 2. The Labute approximate surface area is 61.9 Å². The van der Waals surface area contributed by atoms with Crippen molar-refractivity contribution in [1.82, 2.24) is 0 Å². The lowest BCUT2D eigenvalue weighted by Gasteiger charge is -2.27. The first-order chi connectivity index (χ1) is 4.87. The van der Waals surface area contributed by atoms with E-state index in [2.05, 4.69) is 4.74 Å². The monoisotopic (exact) mass is 173 g/mol. The van der Waals surface area contributed by atoms with Crippen molar-refractivity contribution in [2.75, 3.05) is 20.3 Å². The van der Waals surface area contributed by atoms with Crippen molar-refractivity contribution >= 4 is 0 Å². The first-order valence-electron chi connectivity index (χ1n) is 2.85. The molecule has 0 saturated carbocycles. The van der Waals surface area contributed by atoms with Crippen LogP contribution in [0.5, 0.6) is 0 Å². The van der Waals surface area contributed by atoms with Crippen molar-refractivity contribution in [3.05, 3.63) is 0 Å².